The maximum absolute atomic E-state index is 4.56. The monoisotopic (exact) mass is 334 g/mol. The number of aromatic nitrogens is 2. The summed E-state index contributed by atoms with van der Waals surface area (Å²) in [5.41, 5.74) is 3.01. The first-order valence-electron chi connectivity index (χ1n) is 6.71. The fourth-order valence-electron chi connectivity index (χ4n) is 2.60. The molecule has 0 amide bonds. The quantitative estimate of drug-likeness (QED) is 0.477. The molecule has 21 heavy (non-hydrogen) atoms. The molecule has 0 aliphatic carbocycles. The summed E-state index contributed by atoms with van der Waals surface area (Å²) >= 11 is 3.60. The van der Waals surface area contributed by atoms with Crippen molar-refractivity contribution in [3.05, 3.63) is 71.5 Å². The summed E-state index contributed by atoms with van der Waals surface area (Å²) < 4.78 is 1.08. The second-order valence-corrected chi connectivity index (χ2v) is 5.77. The Morgan fingerprint density at radius 2 is 1.71 bits per heavy atom. The molecule has 0 fully saturated rings. The summed E-state index contributed by atoms with van der Waals surface area (Å²) in [5, 5.41) is 3.42. The van der Waals surface area contributed by atoms with E-state index in [4.69, 9.17) is 0 Å². The molecule has 4 aromatic rings. The number of nitrogens with zero attached hydrogens (tertiary/aromatic N) is 2. The zero-order valence-corrected chi connectivity index (χ0v) is 12.7. The van der Waals surface area contributed by atoms with Crippen LogP contribution in [0, 0.1) is 0 Å². The Labute approximate surface area is 130 Å². The Morgan fingerprint density at radius 3 is 2.67 bits per heavy atom. The average molecular weight is 335 g/mol. The zero-order valence-electron chi connectivity index (χ0n) is 11.1. The van der Waals surface area contributed by atoms with E-state index in [0.717, 1.165) is 37.4 Å². The van der Waals surface area contributed by atoms with E-state index in [1.807, 2.05) is 48.8 Å². The van der Waals surface area contributed by atoms with Crippen LogP contribution in [0.15, 0.2) is 71.5 Å². The maximum Gasteiger partial charge on any atom is 0.0796 e. The van der Waals surface area contributed by atoms with Gasteiger partial charge < -0.3 is 0 Å². The van der Waals surface area contributed by atoms with Crippen molar-refractivity contribution in [2.75, 3.05) is 0 Å². The molecule has 2 aromatic carbocycles. The van der Waals surface area contributed by atoms with Gasteiger partial charge in [-0.05, 0) is 29.7 Å². The van der Waals surface area contributed by atoms with E-state index < -0.39 is 0 Å². The molecule has 0 unspecified atom stereocenters. The van der Waals surface area contributed by atoms with Gasteiger partial charge >= 0.3 is 0 Å². The highest BCUT2D eigenvalue weighted by molar-refractivity contribution is 9.10. The lowest BCUT2D eigenvalue weighted by atomic mass is 10.0. The molecule has 0 saturated carbocycles. The fourth-order valence-corrected chi connectivity index (χ4v) is 3.10. The van der Waals surface area contributed by atoms with Crippen molar-refractivity contribution in [3.63, 3.8) is 0 Å². The van der Waals surface area contributed by atoms with E-state index in [1.165, 1.54) is 0 Å². The van der Waals surface area contributed by atoms with Crippen molar-refractivity contribution < 1.29 is 0 Å². The second kappa shape index (κ2) is 4.93. The minimum atomic E-state index is 0.965. The Bertz CT molecular complexity index is 963. The Morgan fingerprint density at radius 1 is 0.810 bits per heavy atom. The molecular weight excluding hydrogens is 324 g/mol. The van der Waals surface area contributed by atoms with Crippen molar-refractivity contribution in [2.24, 2.45) is 0 Å². The molecule has 0 bridgehead atoms. The number of benzene rings is 2. The van der Waals surface area contributed by atoms with Gasteiger partial charge in [-0.15, -0.1) is 0 Å². The first-order chi connectivity index (χ1) is 10.3. The molecule has 0 radical (unpaired) electrons. The lowest BCUT2D eigenvalue weighted by Crippen LogP contribution is -1.88. The van der Waals surface area contributed by atoms with E-state index in [-0.39, 0.29) is 0 Å². The van der Waals surface area contributed by atoms with Crippen molar-refractivity contribution in [1.29, 1.82) is 0 Å². The number of para-hydroxylation sites is 1. The van der Waals surface area contributed by atoms with Crippen LogP contribution in [0.25, 0.3) is 32.9 Å². The molecule has 2 aromatic heterocycles. The number of rotatable bonds is 1. The summed E-state index contributed by atoms with van der Waals surface area (Å²) in [6, 6.07) is 18.5. The van der Waals surface area contributed by atoms with Crippen molar-refractivity contribution in [1.82, 2.24) is 9.97 Å². The Balaban J connectivity index is 2.02. The third-order valence-electron chi connectivity index (χ3n) is 3.62. The molecule has 0 spiro atoms. The zero-order chi connectivity index (χ0) is 14.2. The lowest BCUT2D eigenvalue weighted by molar-refractivity contribution is 1.33. The predicted molar refractivity (Wildman–Crippen MR) is 90.2 cm³/mol. The number of halogens is 1. The van der Waals surface area contributed by atoms with E-state index in [9.17, 15) is 0 Å². The molecule has 2 heterocycles. The van der Waals surface area contributed by atoms with E-state index in [2.05, 4.69) is 44.1 Å². The fraction of sp³-hybridized carbons (Fsp3) is 0. The molecular formula is C18H11BrN2. The topological polar surface area (TPSA) is 25.8 Å². The molecule has 0 saturated heterocycles. The standard InChI is InChI=1S/C18H11BrN2/c19-16-6-3-5-15-14(16)8-9-20-18(15)13-10-12-4-1-2-7-17(12)21-11-13/h1-11H. The third kappa shape index (κ3) is 2.10. The summed E-state index contributed by atoms with van der Waals surface area (Å²) in [6.07, 6.45) is 3.74. The summed E-state index contributed by atoms with van der Waals surface area (Å²) in [4.78, 5) is 9.10. The van der Waals surface area contributed by atoms with Gasteiger partial charge in [0.2, 0.25) is 0 Å². The summed E-state index contributed by atoms with van der Waals surface area (Å²) in [7, 11) is 0. The molecule has 3 heteroatoms. The molecule has 100 valence electrons. The van der Waals surface area contributed by atoms with Crippen LogP contribution in [-0.4, -0.2) is 9.97 Å². The normalized spacial score (nSPS) is 11.1. The SMILES string of the molecule is Brc1cccc2c(-c3cnc4ccccc4c3)nccc12. The van der Waals surface area contributed by atoms with Crippen LogP contribution in [0.3, 0.4) is 0 Å². The smallest absolute Gasteiger partial charge is 0.0796 e. The predicted octanol–water partition coefficient (Wildman–Crippen LogP) is 5.21. The van der Waals surface area contributed by atoms with Gasteiger partial charge in [0.1, 0.15) is 0 Å². The highest BCUT2D eigenvalue weighted by Crippen LogP contribution is 2.31. The number of hydrogen-bond donors (Lipinski definition) is 0. The first-order valence-corrected chi connectivity index (χ1v) is 7.50. The third-order valence-corrected chi connectivity index (χ3v) is 4.31. The number of pyridine rings is 2. The first kappa shape index (κ1) is 12.5. The van der Waals surface area contributed by atoms with Crippen molar-refractivity contribution in [3.8, 4) is 11.3 Å². The van der Waals surface area contributed by atoms with Gasteiger partial charge in [0.05, 0.1) is 11.2 Å². The van der Waals surface area contributed by atoms with Gasteiger partial charge in [0.25, 0.3) is 0 Å². The summed E-state index contributed by atoms with van der Waals surface area (Å²) in [6.45, 7) is 0. The molecule has 0 atom stereocenters. The van der Waals surface area contributed by atoms with Gasteiger partial charge in [-0.2, -0.15) is 0 Å². The van der Waals surface area contributed by atoms with Crippen LogP contribution in [0.2, 0.25) is 0 Å². The van der Waals surface area contributed by atoms with Crippen LogP contribution < -0.4 is 0 Å². The van der Waals surface area contributed by atoms with E-state index in [1.54, 1.807) is 0 Å². The molecule has 2 nitrogen and oxygen atoms in total. The highest BCUT2D eigenvalue weighted by Gasteiger charge is 2.08. The molecule has 0 aliphatic heterocycles. The van der Waals surface area contributed by atoms with Crippen LogP contribution in [0.1, 0.15) is 0 Å². The van der Waals surface area contributed by atoms with Gasteiger partial charge in [0, 0.05) is 33.2 Å². The van der Waals surface area contributed by atoms with Gasteiger partial charge in [-0.25, -0.2) is 0 Å². The van der Waals surface area contributed by atoms with E-state index in [0.29, 0.717) is 0 Å². The molecule has 0 N–H and O–H groups in total. The Hall–Kier alpha value is -2.26. The minimum absolute atomic E-state index is 0.965. The highest BCUT2D eigenvalue weighted by atomic mass is 79.9. The average Bonchev–Trinajstić information content (AvgIpc) is 2.54. The van der Waals surface area contributed by atoms with Crippen LogP contribution in [-0.2, 0) is 0 Å². The van der Waals surface area contributed by atoms with Crippen LogP contribution in [0.4, 0.5) is 0 Å². The van der Waals surface area contributed by atoms with Gasteiger partial charge in [-0.1, -0.05) is 46.3 Å². The maximum atomic E-state index is 4.56. The van der Waals surface area contributed by atoms with E-state index >= 15 is 0 Å². The summed E-state index contributed by atoms with van der Waals surface area (Å²) in [5.74, 6) is 0. The number of fused-ring (bicyclic) bond motifs is 2. The largest absolute Gasteiger partial charge is 0.256 e. The van der Waals surface area contributed by atoms with Crippen LogP contribution in [0.5, 0.6) is 0 Å². The second-order valence-electron chi connectivity index (χ2n) is 4.91. The molecule has 4 rings (SSSR count). The van der Waals surface area contributed by atoms with Crippen molar-refractivity contribution >= 4 is 37.6 Å². The van der Waals surface area contributed by atoms with Gasteiger partial charge in [-0.3, -0.25) is 9.97 Å². The molecule has 0 aliphatic rings. The van der Waals surface area contributed by atoms with Crippen molar-refractivity contribution in [2.45, 2.75) is 0 Å². The lowest BCUT2D eigenvalue weighted by Gasteiger charge is -2.07. The minimum Gasteiger partial charge on any atom is -0.256 e. The Kier molecular flexibility index (Phi) is 2.93. The van der Waals surface area contributed by atoms with Crippen LogP contribution >= 0.6 is 15.9 Å². The number of hydrogen-bond acceptors (Lipinski definition) is 2. The van der Waals surface area contributed by atoms with Gasteiger partial charge in [0.15, 0.2) is 0 Å².